The first-order valence-corrected chi connectivity index (χ1v) is 11.5. The maximum atomic E-state index is 13.3. The Morgan fingerprint density at radius 2 is 1.13 bits per heavy atom. The molecule has 0 spiro atoms. The predicted octanol–water partition coefficient (Wildman–Crippen LogP) is 4.74. The lowest BCUT2D eigenvalue weighted by atomic mass is 10.3. The Balaban J connectivity index is 0.000000137. The number of tetrazole rings is 1. The minimum atomic E-state index is -0.568. The van der Waals surface area contributed by atoms with Gasteiger partial charge in [-0.25, -0.2) is 8.78 Å². The number of nitrogens with zero attached hydrogens (tertiary/aromatic N) is 6. The number of halogens is 4. The van der Waals surface area contributed by atoms with Crippen molar-refractivity contribution in [3.05, 3.63) is 145 Å². The van der Waals surface area contributed by atoms with Crippen molar-refractivity contribution in [1.82, 2.24) is 25.6 Å². The number of nitrogens with one attached hydrogen (secondary N) is 1. The summed E-state index contributed by atoms with van der Waals surface area (Å²) in [6.07, 6.45) is 8.50. The van der Waals surface area contributed by atoms with E-state index >= 15 is 0 Å². The van der Waals surface area contributed by atoms with Crippen LogP contribution in [0, 0.1) is 23.3 Å². The summed E-state index contributed by atoms with van der Waals surface area (Å²) in [4.78, 5) is 4.04. The van der Waals surface area contributed by atoms with Gasteiger partial charge in [0.05, 0.1) is 0 Å². The van der Waals surface area contributed by atoms with E-state index in [1.165, 1.54) is 24.3 Å². The second-order valence-corrected chi connectivity index (χ2v) is 7.71. The Morgan fingerprint density at radius 1 is 0.590 bits per heavy atom. The number of rotatable bonds is 3. The fraction of sp³-hybridized carbons (Fsp3) is 0. The van der Waals surface area contributed by atoms with Crippen LogP contribution in [0.5, 0.6) is 0 Å². The van der Waals surface area contributed by atoms with Crippen LogP contribution in [0.1, 0.15) is 0 Å². The Hall–Kier alpha value is -5.32. The first-order valence-electron chi connectivity index (χ1n) is 11.5. The van der Waals surface area contributed by atoms with Gasteiger partial charge in [-0.1, -0.05) is 18.2 Å². The van der Waals surface area contributed by atoms with Crippen LogP contribution in [0.25, 0.3) is 22.9 Å². The van der Waals surface area contributed by atoms with Crippen molar-refractivity contribution >= 4 is 0 Å². The van der Waals surface area contributed by atoms with Crippen LogP contribution in [0.2, 0.25) is 0 Å². The normalized spacial score (nSPS) is 10.1. The van der Waals surface area contributed by atoms with Crippen LogP contribution in [-0.4, -0.2) is 25.6 Å². The highest BCUT2D eigenvalue weighted by Crippen LogP contribution is 2.10. The third-order valence-corrected chi connectivity index (χ3v) is 5.05. The molecule has 1 N–H and O–H groups in total. The molecular formula is C28H21F4N7+2. The molecule has 4 aromatic heterocycles. The SMILES string of the molecule is Fc1ccc(-[n+]2ccccc2)c(F)c1.Fc1ccc(-[n+]2ccccc2)c(F)c1.c1ccc(-c2nn[nH]n2)nc1. The average Bonchev–Trinajstić information content (AvgIpc) is 3.51. The molecule has 6 aromatic rings. The molecular weight excluding hydrogens is 510 g/mol. The van der Waals surface area contributed by atoms with E-state index < -0.39 is 23.3 Å². The molecule has 0 saturated carbocycles. The molecule has 11 heteroatoms. The molecule has 0 fully saturated rings. The van der Waals surface area contributed by atoms with Crippen molar-refractivity contribution in [2.45, 2.75) is 0 Å². The summed E-state index contributed by atoms with van der Waals surface area (Å²) in [7, 11) is 0. The zero-order valence-corrected chi connectivity index (χ0v) is 20.2. The van der Waals surface area contributed by atoms with Crippen molar-refractivity contribution in [3.63, 3.8) is 0 Å². The Morgan fingerprint density at radius 3 is 1.54 bits per heavy atom. The molecule has 39 heavy (non-hydrogen) atoms. The number of hydrogen-bond acceptors (Lipinski definition) is 4. The van der Waals surface area contributed by atoms with E-state index in [1.807, 2.05) is 30.3 Å². The molecule has 0 radical (unpaired) electrons. The molecule has 2 aromatic carbocycles. The topological polar surface area (TPSA) is 75.1 Å². The number of aromatic amines is 1. The molecule has 0 aliphatic heterocycles. The van der Waals surface area contributed by atoms with Gasteiger partial charge >= 0.3 is 0 Å². The molecule has 0 aliphatic carbocycles. The largest absolute Gasteiger partial charge is 0.253 e. The minimum Gasteiger partial charge on any atom is -0.253 e. The summed E-state index contributed by atoms with van der Waals surface area (Å²) in [5, 5.41) is 13.3. The van der Waals surface area contributed by atoms with Gasteiger partial charge in [0, 0.05) is 54.7 Å². The number of benzene rings is 2. The Bertz CT molecular complexity index is 1500. The highest BCUT2D eigenvalue weighted by molar-refractivity contribution is 5.46. The molecule has 194 valence electrons. The van der Waals surface area contributed by atoms with Crippen LogP contribution in [0.15, 0.2) is 122 Å². The van der Waals surface area contributed by atoms with Gasteiger partial charge in [-0.15, -0.1) is 10.2 Å². The van der Waals surface area contributed by atoms with E-state index in [2.05, 4.69) is 25.6 Å². The zero-order valence-electron chi connectivity index (χ0n) is 20.2. The maximum absolute atomic E-state index is 13.3. The van der Waals surface area contributed by atoms with Crippen LogP contribution in [-0.2, 0) is 0 Å². The van der Waals surface area contributed by atoms with E-state index in [-0.39, 0.29) is 0 Å². The van der Waals surface area contributed by atoms with Crippen molar-refractivity contribution in [2.75, 3.05) is 0 Å². The van der Waals surface area contributed by atoms with E-state index in [1.54, 1.807) is 64.4 Å². The lowest BCUT2D eigenvalue weighted by Gasteiger charge is -1.96. The molecule has 4 heterocycles. The molecule has 0 unspecified atom stereocenters. The lowest BCUT2D eigenvalue weighted by Crippen LogP contribution is -2.30. The first-order chi connectivity index (χ1) is 19.0. The van der Waals surface area contributed by atoms with Crippen molar-refractivity contribution in [1.29, 1.82) is 0 Å². The molecule has 0 bridgehead atoms. The molecule has 7 nitrogen and oxygen atoms in total. The molecule has 0 saturated heterocycles. The monoisotopic (exact) mass is 531 g/mol. The third kappa shape index (κ3) is 7.59. The smallest absolute Gasteiger partial charge is 0.246 e. The van der Waals surface area contributed by atoms with Crippen molar-refractivity contribution in [3.8, 4) is 22.9 Å². The fourth-order valence-corrected chi connectivity index (χ4v) is 3.27. The molecule has 0 amide bonds. The van der Waals surface area contributed by atoms with Gasteiger partial charge in [0.2, 0.25) is 17.2 Å². The van der Waals surface area contributed by atoms with Crippen LogP contribution in [0.4, 0.5) is 17.6 Å². The Labute approximate surface area is 220 Å². The van der Waals surface area contributed by atoms with E-state index in [4.69, 9.17) is 0 Å². The quantitative estimate of drug-likeness (QED) is 0.264. The lowest BCUT2D eigenvalue weighted by molar-refractivity contribution is -0.597. The second kappa shape index (κ2) is 13.3. The third-order valence-electron chi connectivity index (χ3n) is 5.05. The summed E-state index contributed by atoms with van der Waals surface area (Å²) < 4.78 is 55.0. The van der Waals surface area contributed by atoms with Gasteiger partial charge in [0.15, 0.2) is 36.4 Å². The van der Waals surface area contributed by atoms with Crippen LogP contribution < -0.4 is 9.13 Å². The molecule has 0 atom stereocenters. The summed E-state index contributed by atoms with van der Waals surface area (Å²) in [5.74, 6) is -1.75. The highest BCUT2D eigenvalue weighted by Gasteiger charge is 2.13. The standard InChI is InChI=1S/2C11H8F2N.C6H5N5/c2*12-9-4-5-11(10(13)8-9)14-6-2-1-3-7-14;1-2-4-7-5(3-1)6-8-10-11-9-6/h2*1-8H;1-4H,(H,8,9,10,11)/q2*+1;. The number of H-pyrrole nitrogens is 1. The van der Waals surface area contributed by atoms with E-state index in [0.29, 0.717) is 17.2 Å². The van der Waals surface area contributed by atoms with Crippen molar-refractivity contribution in [2.24, 2.45) is 0 Å². The first kappa shape index (κ1) is 26.7. The van der Waals surface area contributed by atoms with Crippen molar-refractivity contribution < 1.29 is 26.7 Å². The molecule has 0 aliphatic rings. The fourth-order valence-electron chi connectivity index (χ4n) is 3.27. The van der Waals surface area contributed by atoms with Gasteiger partial charge in [-0.3, -0.25) is 4.98 Å². The summed E-state index contributed by atoms with van der Waals surface area (Å²) in [5.41, 5.74) is 1.40. The number of pyridine rings is 3. The van der Waals surface area contributed by atoms with E-state index in [9.17, 15) is 17.6 Å². The Kier molecular flexibility index (Phi) is 9.11. The van der Waals surface area contributed by atoms with Gasteiger partial charge < -0.3 is 0 Å². The van der Waals surface area contributed by atoms with Gasteiger partial charge in [-0.05, 0) is 29.5 Å². The van der Waals surface area contributed by atoms with Gasteiger partial charge in [-0.2, -0.15) is 23.1 Å². The summed E-state index contributed by atoms with van der Waals surface area (Å²) in [6, 6.07) is 23.3. The maximum Gasteiger partial charge on any atom is 0.246 e. The van der Waals surface area contributed by atoms with E-state index in [0.717, 1.165) is 17.8 Å². The predicted molar refractivity (Wildman–Crippen MR) is 133 cm³/mol. The zero-order chi connectivity index (χ0) is 27.5. The van der Waals surface area contributed by atoms with Crippen LogP contribution in [0.3, 0.4) is 0 Å². The average molecular weight is 532 g/mol. The van der Waals surface area contributed by atoms with Gasteiger partial charge in [0.25, 0.3) is 0 Å². The highest BCUT2D eigenvalue weighted by atomic mass is 19.1. The number of hydrogen-bond donors (Lipinski definition) is 1. The summed E-state index contributed by atoms with van der Waals surface area (Å²) in [6.45, 7) is 0. The van der Waals surface area contributed by atoms with Crippen LogP contribution >= 0.6 is 0 Å². The second-order valence-electron chi connectivity index (χ2n) is 7.71. The minimum absolute atomic E-state index is 0.340. The summed E-state index contributed by atoms with van der Waals surface area (Å²) >= 11 is 0. The molecule has 6 rings (SSSR count). The number of aromatic nitrogens is 7. The van der Waals surface area contributed by atoms with Gasteiger partial charge in [0.1, 0.15) is 17.3 Å².